The van der Waals surface area contributed by atoms with Crippen molar-refractivity contribution < 1.29 is 0 Å². The van der Waals surface area contributed by atoms with Crippen LogP contribution >= 0.6 is 0 Å². The molecule has 1 aliphatic heterocycles. The van der Waals surface area contributed by atoms with E-state index in [0.717, 1.165) is 12.5 Å². The van der Waals surface area contributed by atoms with E-state index < -0.39 is 0 Å². The van der Waals surface area contributed by atoms with Crippen LogP contribution in [-0.4, -0.2) is 30.6 Å². The number of nitrogens with two attached hydrogens (primary N) is 1. The number of hydrogen-bond acceptors (Lipinski definition) is 2. The van der Waals surface area contributed by atoms with Gasteiger partial charge in [0.05, 0.1) is 0 Å². The topological polar surface area (TPSA) is 29.3 Å². The van der Waals surface area contributed by atoms with E-state index in [4.69, 9.17) is 5.73 Å². The minimum atomic E-state index is 0.396. The Bertz CT molecular complexity index is 159. The van der Waals surface area contributed by atoms with E-state index >= 15 is 0 Å². The maximum atomic E-state index is 6.09. The van der Waals surface area contributed by atoms with Gasteiger partial charge in [-0.05, 0) is 44.7 Å². The molecule has 2 nitrogen and oxygen atoms in total. The van der Waals surface area contributed by atoms with Gasteiger partial charge >= 0.3 is 0 Å². The van der Waals surface area contributed by atoms with Crippen molar-refractivity contribution in [3.05, 3.63) is 0 Å². The summed E-state index contributed by atoms with van der Waals surface area (Å²) < 4.78 is 0. The Labute approximate surface area is 95.2 Å². The number of hydrogen-bond donors (Lipinski definition) is 1. The van der Waals surface area contributed by atoms with Crippen molar-refractivity contribution in [2.45, 2.75) is 58.4 Å². The molecule has 0 aromatic rings. The first kappa shape index (κ1) is 13.0. The van der Waals surface area contributed by atoms with Crippen LogP contribution < -0.4 is 5.73 Å². The van der Waals surface area contributed by atoms with Crippen molar-refractivity contribution in [2.24, 2.45) is 11.7 Å². The van der Waals surface area contributed by atoms with E-state index in [1.165, 1.54) is 51.6 Å². The fourth-order valence-electron chi connectivity index (χ4n) is 2.61. The van der Waals surface area contributed by atoms with Gasteiger partial charge in [-0.25, -0.2) is 0 Å². The third kappa shape index (κ3) is 4.98. The fraction of sp³-hybridized carbons (Fsp3) is 1.00. The van der Waals surface area contributed by atoms with E-state index in [1.54, 1.807) is 0 Å². The summed E-state index contributed by atoms with van der Waals surface area (Å²) in [5.41, 5.74) is 6.09. The molecule has 0 aliphatic carbocycles. The van der Waals surface area contributed by atoms with Crippen molar-refractivity contribution in [3.63, 3.8) is 0 Å². The molecule has 90 valence electrons. The van der Waals surface area contributed by atoms with Gasteiger partial charge in [0.1, 0.15) is 0 Å². The highest BCUT2D eigenvalue weighted by atomic mass is 15.1. The molecule has 1 rings (SSSR count). The number of rotatable bonds is 5. The Kier molecular flexibility index (Phi) is 6.26. The van der Waals surface area contributed by atoms with E-state index in [1.807, 2.05) is 0 Å². The smallest absolute Gasteiger partial charge is 0.0167 e. The molecule has 1 aliphatic rings. The molecule has 0 spiro atoms. The first-order valence-corrected chi connectivity index (χ1v) is 6.74. The molecule has 15 heavy (non-hydrogen) atoms. The molecule has 0 aromatic carbocycles. The standard InChI is InChI=1S/C13H28N2/c1-3-6-13(14)11-15-9-5-7-12(4-2)8-10-15/h12-13H,3-11,14H2,1-2H3. The summed E-state index contributed by atoms with van der Waals surface area (Å²) in [6.45, 7) is 8.20. The normalized spacial score (nSPS) is 26.2. The van der Waals surface area contributed by atoms with Gasteiger partial charge < -0.3 is 10.6 Å². The maximum Gasteiger partial charge on any atom is 0.0167 e. The van der Waals surface area contributed by atoms with Gasteiger partial charge in [0.25, 0.3) is 0 Å². The summed E-state index contributed by atoms with van der Waals surface area (Å²) in [4.78, 5) is 2.58. The van der Waals surface area contributed by atoms with Crippen molar-refractivity contribution in [2.75, 3.05) is 19.6 Å². The van der Waals surface area contributed by atoms with Crippen LogP contribution in [0.5, 0.6) is 0 Å². The molecule has 1 saturated heterocycles. The van der Waals surface area contributed by atoms with Crippen LogP contribution in [0.15, 0.2) is 0 Å². The van der Waals surface area contributed by atoms with Gasteiger partial charge in [-0.15, -0.1) is 0 Å². The van der Waals surface area contributed by atoms with Crippen LogP contribution in [0.1, 0.15) is 52.4 Å². The summed E-state index contributed by atoms with van der Waals surface area (Å²) in [6, 6.07) is 0.396. The molecule has 0 radical (unpaired) electrons. The summed E-state index contributed by atoms with van der Waals surface area (Å²) in [5, 5.41) is 0. The molecule has 2 atom stereocenters. The average molecular weight is 212 g/mol. The van der Waals surface area contributed by atoms with E-state index in [2.05, 4.69) is 18.7 Å². The molecule has 2 N–H and O–H groups in total. The monoisotopic (exact) mass is 212 g/mol. The summed E-state index contributed by atoms with van der Waals surface area (Å²) in [6.07, 6.45) is 7.93. The molecule has 1 fully saturated rings. The van der Waals surface area contributed by atoms with Crippen molar-refractivity contribution >= 4 is 0 Å². The largest absolute Gasteiger partial charge is 0.327 e. The van der Waals surface area contributed by atoms with Gasteiger partial charge in [0.15, 0.2) is 0 Å². The number of nitrogens with zero attached hydrogens (tertiary/aromatic N) is 1. The van der Waals surface area contributed by atoms with Crippen molar-refractivity contribution in [1.82, 2.24) is 4.90 Å². The van der Waals surface area contributed by atoms with E-state index in [-0.39, 0.29) is 0 Å². The Balaban J connectivity index is 2.24. The Morgan fingerprint density at radius 2 is 2.07 bits per heavy atom. The fourth-order valence-corrected chi connectivity index (χ4v) is 2.61. The molecule has 0 bridgehead atoms. The molecule has 0 aromatic heterocycles. The van der Waals surface area contributed by atoms with Crippen LogP contribution in [0, 0.1) is 5.92 Å². The van der Waals surface area contributed by atoms with Gasteiger partial charge in [0, 0.05) is 12.6 Å². The Hall–Kier alpha value is -0.0800. The van der Waals surface area contributed by atoms with E-state index in [9.17, 15) is 0 Å². The molecule has 2 unspecified atom stereocenters. The SMILES string of the molecule is CCCC(N)CN1CCCC(CC)CC1. The molecule has 0 saturated carbocycles. The van der Waals surface area contributed by atoms with Crippen LogP contribution in [-0.2, 0) is 0 Å². The van der Waals surface area contributed by atoms with Gasteiger partial charge in [-0.2, -0.15) is 0 Å². The highest BCUT2D eigenvalue weighted by Gasteiger charge is 2.16. The second kappa shape index (κ2) is 7.24. The second-order valence-corrected chi connectivity index (χ2v) is 5.05. The lowest BCUT2D eigenvalue weighted by molar-refractivity contribution is 0.258. The summed E-state index contributed by atoms with van der Waals surface area (Å²) in [7, 11) is 0. The van der Waals surface area contributed by atoms with Gasteiger partial charge in [-0.3, -0.25) is 0 Å². The first-order valence-electron chi connectivity index (χ1n) is 6.74. The molecule has 2 heteroatoms. The summed E-state index contributed by atoms with van der Waals surface area (Å²) in [5.74, 6) is 0.970. The van der Waals surface area contributed by atoms with Crippen LogP contribution in [0.25, 0.3) is 0 Å². The van der Waals surface area contributed by atoms with Crippen LogP contribution in [0.4, 0.5) is 0 Å². The molecule has 0 amide bonds. The molecular weight excluding hydrogens is 184 g/mol. The Morgan fingerprint density at radius 3 is 2.73 bits per heavy atom. The van der Waals surface area contributed by atoms with Gasteiger partial charge in [-0.1, -0.05) is 26.7 Å². The zero-order valence-electron chi connectivity index (χ0n) is 10.5. The minimum absolute atomic E-state index is 0.396. The predicted octanol–water partition coefficient (Wildman–Crippen LogP) is 2.63. The lowest BCUT2D eigenvalue weighted by atomic mass is 9.98. The lowest BCUT2D eigenvalue weighted by Gasteiger charge is -2.23. The van der Waals surface area contributed by atoms with E-state index in [0.29, 0.717) is 6.04 Å². The van der Waals surface area contributed by atoms with Gasteiger partial charge in [0.2, 0.25) is 0 Å². The second-order valence-electron chi connectivity index (χ2n) is 5.05. The first-order chi connectivity index (χ1) is 7.26. The molecule has 1 heterocycles. The van der Waals surface area contributed by atoms with Crippen molar-refractivity contribution in [3.8, 4) is 0 Å². The Morgan fingerprint density at radius 1 is 1.27 bits per heavy atom. The highest BCUT2D eigenvalue weighted by Crippen LogP contribution is 2.20. The summed E-state index contributed by atoms with van der Waals surface area (Å²) >= 11 is 0. The van der Waals surface area contributed by atoms with Crippen molar-refractivity contribution in [1.29, 1.82) is 0 Å². The highest BCUT2D eigenvalue weighted by molar-refractivity contribution is 4.73. The third-order valence-corrected chi connectivity index (χ3v) is 3.67. The number of likely N-dealkylation sites (tertiary alicyclic amines) is 1. The van der Waals surface area contributed by atoms with Crippen LogP contribution in [0.3, 0.4) is 0 Å². The third-order valence-electron chi connectivity index (χ3n) is 3.67. The molecular formula is C13H28N2. The minimum Gasteiger partial charge on any atom is -0.327 e. The zero-order chi connectivity index (χ0) is 11.1. The lowest BCUT2D eigenvalue weighted by Crippen LogP contribution is -2.38. The predicted molar refractivity (Wildman–Crippen MR) is 67.0 cm³/mol. The quantitative estimate of drug-likeness (QED) is 0.759. The average Bonchev–Trinajstić information content (AvgIpc) is 2.43. The van der Waals surface area contributed by atoms with Crippen LogP contribution in [0.2, 0.25) is 0 Å². The zero-order valence-corrected chi connectivity index (χ0v) is 10.5. The maximum absolute atomic E-state index is 6.09.